The molecule has 140 valence electrons. The van der Waals surface area contributed by atoms with E-state index in [1.807, 2.05) is 60.8 Å². The Morgan fingerprint density at radius 3 is 2.46 bits per heavy atom. The zero-order valence-electron chi connectivity index (χ0n) is 15.1. The molecule has 2 heterocycles. The molecular formula is C22H17ClN2O2S. The number of carbonyl (C=O) groups excluding carboxylic acids is 2. The van der Waals surface area contributed by atoms with Crippen LogP contribution < -0.4 is 5.32 Å². The molecule has 0 radical (unpaired) electrons. The van der Waals surface area contributed by atoms with Crippen molar-refractivity contribution in [2.45, 2.75) is 13.5 Å². The third kappa shape index (κ3) is 3.59. The molecule has 1 N–H and O–H groups in total. The number of carbonyl (C=O) groups is 2. The van der Waals surface area contributed by atoms with Crippen molar-refractivity contribution < 1.29 is 9.59 Å². The Morgan fingerprint density at radius 1 is 1.00 bits per heavy atom. The molecule has 28 heavy (non-hydrogen) atoms. The molecule has 0 saturated heterocycles. The van der Waals surface area contributed by atoms with Gasteiger partial charge in [0.1, 0.15) is 5.70 Å². The monoisotopic (exact) mass is 408 g/mol. The van der Waals surface area contributed by atoms with Gasteiger partial charge in [0.15, 0.2) is 0 Å². The number of thiophene rings is 1. The van der Waals surface area contributed by atoms with Crippen molar-refractivity contribution in [3.05, 3.63) is 92.8 Å². The van der Waals surface area contributed by atoms with E-state index in [4.69, 9.17) is 11.6 Å². The number of amides is 2. The number of hydrogen-bond acceptors (Lipinski definition) is 4. The maximum absolute atomic E-state index is 13.1. The molecule has 0 aliphatic carbocycles. The molecule has 1 aliphatic heterocycles. The minimum Gasteiger partial charge on any atom is -0.350 e. The summed E-state index contributed by atoms with van der Waals surface area (Å²) in [5.41, 5.74) is 3.41. The Kier molecular flexibility index (Phi) is 5.03. The Labute approximate surface area is 172 Å². The summed E-state index contributed by atoms with van der Waals surface area (Å²) in [6, 6.07) is 18.6. The van der Waals surface area contributed by atoms with Gasteiger partial charge in [0.25, 0.3) is 11.8 Å². The third-order valence-corrected chi connectivity index (χ3v) is 5.62. The lowest BCUT2D eigenvalue weighted by atomic mass is 10.1. The van der Waals surface area contributed by atoms with Crippen LogP contribution in [0.1, 0.15) is 16.0 Å². The summed E-state index contributed by atoms with van der Waals surface area (Å²) in [6.07, 6.45) is 0. The highest BCUT2D eigenvalue weighted by molar-refractivity contribution is 7.11. The SMILES string of the molecule is Cc1cccc(NC2=C(c3cccs3)C(=O)N(Cc3ccc(Cl)cc3)C2=O)c1. The van der Waals surface area contributed by atoms with E-state index in [1.54, 1.807) is 12.1 Å². The Hall–Kier alpha value is -2.89. The van der Waals surface area contributed by atoms with E-state index in [0.717, 1.165) is 21.7 Å². The lowest BCUT2D eigenvalue weighted by Crippen LogP contribution is -2.31. The number of anilines is 1. The van der Waals surface area contributed by atoms with Crippen molar-refractivity contribution in [3.63, 3.8) is 0 Å². The average molecular weight is 409 g/mol. The number of rotatable bonds is 5. The van der Waals surface area contributed by atoms with Gasteiger partial charge in [0, 0.05) is 15.6 Å². The summed E-state index contributed by atoms with van der Waals surface area (Å²) >= 11 is 7.38. The number of halogens is 1. The van der Waals surface area contributed by atoms with Crippen LogP contribution in [0.5, 0.6) is 0 Å². The number of nitrogens with zero attached hydrogens (tertiary/aromatic N) is 1. The summed E-state index contributed by atoms with van der Waals surface area (Å²) in [5.74, 6) is -0.623. The van der Waals surface area contributed by atoms with Gasteiger partial charge in [-0.1, -0.05) is 41.9 Å². The summed E-state index contributed by atoms with van der Waals surface area (Å²) in [5, 5.41) is 5.69. The maximum Gasteiger partial charge on any atom is 0.278 e. The molecule has 2 aromatic carbocycles. The first-order valence-electron chi connectivity index (χ1n) is 8.75. The highest BCUT2D eigenvalue weighted by atomic mass is 35.5. The van der Waals surface area contributed by atoms with Crippen LogP contribution in [0.15, 0.2) is 71.7 Å². The van der Waals surface area contributed by atoms with Crippen LogP contribution in [0.2, 0.25) is 5.02 Å². The van der Waals surface area contributed by atoms with Gasteiger partial charge in [0.2, 0.25) is 0 Å². The van der Waals surface area contributed by atoms with Crippen molar-refractivity contribution in [1.82, 2.24) is 4.90 Å². The van der Waals surface area contributed by atoms with E-state index in [1.165, 1.54) is 16.2 Å². The fourth-order valence-electron chi connectivity index (χ4n) is 3.12. The number of aryl methyl sites for hydroxylation is 1. The molecule has 0 atom stereocenters. The van der Waals surface area contributed by atoms with Gasteiger partial charge in [-0.3, -0.25) is 14.5 Å². The van der Waals surface area contributed by atoms with Crippen molar-refractivity contribution >= 4 is 46.0 Å². The molecular weight excluding hydrogens is 392 g/mol. The average Bonchev–Trinajstić information content (AvgIpc) is 3.27. The second-order valence-electron chi connectivity index (χ2n) is 6.54. The van der Waals surface area contributed by atoms with E-state index < -0.39 is 0 Å². The molecule has 6 heteroatoms. The van der Waals surface area contributed by atoms with E-state index in [0.29, 0.717) is 16.3 Å². The minimum absolute atomic E-state index is 0.197. The minimum atomic E-state index is -0.329. The standard InChI is InChI=1S/C22H17ClN2O2S/c1-14-4-2-5-17(12-14)24-20-19(18-6-3-11-28-18)21(26)25(22(20)27)13-15-7-9-16(23)10-8-15/h2-12,24H,13H2,1H3. The first-order chi connectivity index (χ1) is 13.5. The molecule has 4 rings (SSSR count). The van der Waals surface area contributed by atoms with Crippen molar-refractivity contribution in [2.75, 3.05) is 5.32 Å². The quantitative estimate of drug-likeness (QED) is 0.597. The smallest absolute Gasteiger partial charge is 0.278 e. The van der Waals surface area contributed by atoms with Crippen LogP contribution in [0.3, 0.4) is 0 Å². The van der Waals surface area contributed by atoms with E-state index >= 15 is 0 Å². The zero-order chi connectivity index (χ0) is 19.7. The summed E-state index contributed by atoms with van der Waals surface area (Å²) in [4.78, 5) is 28.3. The predicted octanol–water partition coefficient (Wildman–Crippen LogP) is 5.10. The molecule has 0 bridgehead atoms. The lowest BCUT2D eigenvalue weighted by molar-refractivity contribution is -0.137. The van der Waals surface area contributed by atoms with Gasteiger partial charge in [-0.15, -0.1) is 11.3 Å². The van der Waals surface area contributed by atoms with Gasteiger partial charge in [0.05, 0.1) is 12.1 Å². The maximum atomic E-state index is 13.1. The number of hydrogen-bond donors (Lipinski definition) is 1. The molecule has 3 aromatic rings. The first-order valence-corrected chi connectivity index (χ1v) is 10.0. The van der Waals surface area contributed by atoms with E-state index in [-0.39, 0.29) is 18.4 Å². The number of nitrogens with one attached hydrogen (secondary N) is 1. The second kappa shape index (κ2) is 7.62. The number of imide groups is 1. The fourth-order valence-corrected chi connectivity index (χ4v) is 4.02. The highest BCUT2D eigenvalue weighted by Gasteiger charge is 2.39. The van der Waals surface area contributed by atoms with Crippen molar-refractivity contribution in [2.24, 2.45) is 0 Å². The zero-order valence-corrected chi connectivity index (χ0v) is 16.7. The lowest BCUT2D eigenvalue weighted by Gasteiger charge is -2.15. The second-order valence-corrected chi connectivity index (χ2v) is 7.93. The van der Waals surface area contributed by atoms with Gasteiger partial charge in [-0.05, 0) is 53.8 Å². The van der Waals surface area contributed by atoms with Gasteiger partial charge >= 0.3 is 0 Å². The topological polar surface area (TPSA) is 49.4 Å². The molecule has 1 aromatic heterocycles. The van der Waals surface area contributed by atoms with Crippen molar-refractivity contribution in [1.29, 1.82) is 0 Å². The molecule has 1 aliphatic rings. The molecule has 0 spiro atoms. The molecule has 0 unspecified atom stereocenters. The van der Waals surface area contributed by atoms with Gasteiger partial charge in [-0.25, -0.2) is 0 Å². The molecule has 2 amide bonds. The third-order valence-electron chi connectivity index (χ3n) is 4.48. The van der Waals surface area contributed by atoms with Crippen LogP contribution >= 0.6 is 22.9 Å². The predicted molar refractivity (Wildman–Crippen MR) is 113 cm³/mol. The van der Waals surface area contributed by atoms with Crippen LogP contribution in [0, 0.1) is 6.92 Å². The van der Waals surface area contributed by atoms with Crippen LogP contribution in [-0.4, -0.2) is 16.7 Å². The summed E-state index contributed by atoms with van der Waals surface area (Å²) in [7, 11) is 0. The largest absolute Gasteiger partial charge is 0.350 e. The van der Waals surface area contributed by atoms with Gasteiger partial charge in [-0.2, -0.15) is 0 Å². The molecule has 0 fully saturated rings. The Balaban J connectivity index is 1.70. The molecule has 0 saturated carbocycles. The molecule has 4 nitrogen and oxygen atoms in total. The normalized spacial score (nSPS) is 14.1. The van der Waals surface area contributed by atoms with Crippen molar-refractivity contribution in [3.8, 4) is 0 Å². The van der Waals surface area contributed by atoms with Crippen LogP contribution in [0.25, 0.3) is 5.57 Å². The Morgan fingerprint density at radius 2 is 1.79 bits per heavy atom. The first kappa shape index (κ1) is 18.5. The van der Waals surface area contributed by atoms with E-state index in [2.05, 4.69) is 5.32 Å². The summed E-state index contributed by atoms with van der Waals surface area (Å²) < 4.78 is 0. The highest BCUT2D eigenvalue weighted by Crippen LogP contribution is 2.33. The Bertz CT molecular complexity index is 1070. The van der Waals surface area contributed by atoms with Crippen LogP contribution in [0.4, 0.5) is 5.69 Å². The number of benzene rings is 2. The van der Waals surface area contributed by atoms with Gasteiger partial charge < -0.3 is 5.32 Å². The van der Waals surface area contributed by atoms with E-state index in [9.17, 15) is 9.59 Å². The van der Waals surface area contributed by atoms with Crippen LogP contribution in [-0.2, 0) is 16.1 Å². The fraction of sp³-hybridized carbons (Fsp3) is 0.0909. The summed E-state index contributed by atoms with van der Waals surface area (Å²) in [6.45, 7) is 2.18.